The van der Waals surface area contributed by atoms with Gasteiger partial charge in [0.05, 0.1) is 6.10 Å². The lowest BCUT2D eigenvalue weighted by Crippen LogP contribution is -2.32. The van der Waals surface area contributed by atoms with Crippen molar-refractivity contribution >= 4 is 5.97 Å². The van der Waals surface area contributed by atoms with E-state index in [0.717, 1.165) is 0 Å². The highest BCUT2D eigenvalue weighted by Gasteiger charge is 2.28. The quantitative estimate of drug-likeness (QED) is 0.329. The average molecular weight is 161 g/mol. The number of hydrogen-bond acceptors (Lipinski definition) is 5. The molecule has 11 heavy (non-hydrogen) atoms. The zero-order chi connectivity index (χ0) is 8.27. The van der Waals surface area contributed by atoms with Crippen molar-refractivity contribution in [1.29, 1.82) is 0 Å². The number of aliphatic hydroxyl groups excluding tert-OH is 2. The van der Waals surface area contributed by atoms with Gasteiger partial charge >= 0.3 is 5.97 Å². The van der Waals surface area contributed by atoms with E-state index < -0.39 is 24.9 Å². The molecule has 0 aliphatic carbocycles. The van der Waals surface area contributed by atoms with Gasteiger partial charge in [-0.1, -0.05) is 0 Å². The van der Waals surface area contributed by atoms with Crippen molar-refractivity contribution in [2.45, 2.75) is 18.6 Å². The van der Waals surface area contributed by atoms with Gasteiger partial charge in [-0.2, -0.15) is 0 Å². The van der Waals surface area contributed by atoms with E-state index in [1.807, 2.05) is 0 Å². The van der Waals surface area contributed by atoms with Crippen LogP contribution in [0.5, 0.6) is 0 Å². The van der Waals surface area contributed by atoms with E-state index in [4.69, 9.17) is 10.2 Å². The summed E-state index contributed by atoms with van der Waals surface area (Å²) in [6.45, 7) is -0.196. The monoisotopic (exact) mass is 161 g/mol. The lowest BCUT2D eigenvalue weighted by Gasteiger charge is -2.06. The highest BCUT2D eigenvalue weighted by Crippen LogP contribution is 2.07. The second kappa shape index (κ2) is 3.66. The van der Waals surface area contributed by atoms with Crippen LogP contribution < -0.4 is 5.32 Å². The lowest BCUT2D eigenvalue weighted by molar-refractivity contribution is -0.154. The molecule has 0 spiro atoms. The van der Waals surface area contributed by atoms with Crippen LogP contribution in [0, 0.1) is 0 Å². The van der Waals surface area contributed by atoms with E-state index in [-0.39, 0.29) is 0 Å². The van der Waals surface area contributed by atoms with E-state index in [1.54, 1.807) is 0 Å². The van der Waals surface area contributed by atoms with Crippen molar-refractivity contribution in [2.75, 3.05) is 13.3 Å². The molecule has 1 fully saturated rings. The Hall–Kier alpha value is -0.650. The van der Waals surface area contributed by atoms with Crippen LogP contribution in [0.3, 0.4) is 0 Å². The van der Waals surface area contributed by atoms with Crippen LogP contribution in [-0.4, -0.2) is 41.7 Å². The third-order valence-electron chi connectivity index (χ3n) is 1.60. The fourth-order valence-electron chi connectivity index (χ4n) is 1.06. The summed E-state index contributed by atoms with van der Waals surface area (Å²) in [6.07, 6.45) is -0.120. The first-order chi connectivity index (χ1) is 5.24. The minimum absolute atomic E-state index is 0.360. The number of nitrogens with one attached hydrogen (secondary N) is 1. The number of ether oxygens (including phenoxy) is 1. The van der Waals surface area contributed by atoms with Crippen molar-refractivity contribution in [3.8, 4) is 0 Å². The van der Waals surface area contributed by atoms with E-state index >= 15 is 0 Å². The van der Waals surface area contributed by atoms with Gasteiger partial charge in [0.1, 0.15) is 6.04 Å². The molecule has 0 aromatic heterocycles. The molecule has 64 valence electrons. The number of hydrogen-bond donors (Lipinski definition) is 3. The first kappa shape index (κ1) is 8.45. The smallest absolute Gasteiger partial charge is 0.325 e. The standard InChI is InChI=1S/C6H11NO4/c8-3-11-6(10)5-1-4(9)2-7-5/h4-5,7-9H,1-3H2/t4?,5-/m0/s1. The Bertz CT molecular complexity index is 150. The number of rotatable bonds is 2. The first-order valence-corrected chi connectivity index (χ1v) is 3.43. The molecule has 2 atom stereocenters. The zero-order valence-electron chi connectivity index (χ0n) is 5.99. The highest BCUT2D eigenvalue weighted by molar-refractivity contribution is 5.76. The van der Waals surface area contributed by atoms with Gasteiger partial charge in [0.2, 0.25) is 0 Å². The van der Waals surface area contributed by atoms with E-state index in [1.165, 1.54) is 0 Å². The van der Waals surface area contributed by atoms with Crippen LogP contribution in [0.1, 0.15) is 6.42 Å². The van der Waals surface area contributed by atoms with Crippen molar-refractivity contribution in [1.82, 2.24) is 5.32 Å². The fraction of sp³-hybridized carbons (Fsp3) is 0.833. The summed E-state index contributed by atoms with van der Waals surface area (Å²) in [6, 6.07) is -0.461. The molecule has 0 aromatic carbocycles. The van der Waals surface area contributed by atoms with Crippen molar-refractivity contribution in [3.63, 3.8) is 0 Å². The Morgan fingerprint density at radius 1 is 1.73 bits per heavy atom. The fourth-order valence-corrected chi connectivity index (χ4v) is 1.06. The SMILES string of the molecule is O=C(OCO)[C@@H]1CC(O)CN1. The summed E-state index contributed by atoms with van der Waals surface area (Å²) in [5.74, 6) is -0.510. The molecule has 0 amide bonds. The second-order valence-corrected chi connectivity index (χ2v) is 2.44. The van der Waals surface area contributed by atoms with Gasteiger partial charge in [0.15, 0.2) is 6.79 Å². The molecule has 3 N–H and O–H groups in total. The maximum Gasteiger partial charge on any atom is 0.325 e. The minimum atomic E-state index is -0.604. The van der Waals surface area contributed by atoms with Crippen LogP contribution in [0.4, 0.5) is 0 Å². The summed E-state index contributed by atoms with van der Waals surface area (Å²) >= 11 is 0. The minimum Gasteiger partial charge on any atom is -0.438 e. The third kappa shape index (κ3) is 2.14. The Morgan fingerprint density at radius 3 is 2.91 bits per heavy atom. The summed E-state index contributed by atoms with van der Waals surface area (Å²) in [5.41, 5.74) is 0. The maximum atomic E-state index is 10.8. The molecule has 0 aromatic rings. The number of aliphatic hydroxyl groups is 2. The van der Waals surface area contributed by atoms with Gasteiger partial charge < -0.3 is 20.3 Å². The van der Waals surface area contributed by atoms with Gasteiger partial charge in [0, 0.05) is 13.0 Å². The summed E-state index contributed by atoms with van der Waals surface area (Å²) < 4.78 is 4.32. The van der Waals surface area contributed by atoms with Gasteiger partial charge in [-0.15, -0.1) is 0 Å². The Balaban J connectivity index is 2.31. The van der Waals surface area contributed by atoms with Gasteiger partial charge in [0.25, 0.3) is 0 Å². The van der Waals surface area contributed by atoms with Crippen LogP contribution in [-0.2, 0) is 9.53 Å². The van der Waals surface area contributed by atoms with Crippen LogP contribution >= 0.6 is 0 Å². The Kier molecular flexibility index (Phi) is 2.81. The highest BCUT2D eigenvalue weighted by atomic mass is 16.6. The molecule has 0 bridgehead atoms. The zero-order valence-corrected chi connectivity index (χ0v) is 5.99. The molecule has 1 aliphatic heterocycles. The van der Waals surface area contributed by atoms with Crippen molar-refractivity contribution in [2.24, 2.45) is 0 Å². The topological polar surface area (TPSA) is 78.8 Å². The predicted octanol–water partition coefficient (Wildman–Crippen LogP) is -1.80. The molecule has 5 heteroatoms. The van der Waals surface area contributed by atoms with Crippen molar-refractivity contribution in [3.05, 3.63) is 0 Å². The number of β-amino-alcohol motifs (C(OH)–C–C–N with tert-alkyl or cyclic N) is 1. The molecule has 1 rings (SSSR count). The Morgan fingerprint density at radius 2 is 2.45 bits per heavy atom. The molecular weight excluding hydrogens is 150 g/mol. The molecule has 1 aliphatic rings. The van der Waals surface area contributed by atoms with Crippen LogP contribution in [0.15, 0.2) is 0 Å². The molecule has 1 saturated heterocycles. The summed E-state index contributed by atoms with van der Waals surface area (Å²) in [5, 5.41) is 20.0. The number of esters is 1. The Labute approximate surface area is 64.0 Å². The summed E-state index contributed by atoms with van der Waals surface area (Å²) in [4.78, 5) is 10.8. The molecule has 0 radical (unpaired) electrons. The largest absolute Gasteiger partial charge is 0.438 e. The van der Waals surface area contributed by atoms with E-state index in [9.17, 15) is 4.79 Å². The normalized spacial score (nSPS) is 30.4. The second-order valence-electron chi connectivity index (χ2n) is 2.44. The lowest BCUT2D eigenvalue weighted by atomic mass is 10.2. The predicted molar refractivity (Wildman–Crippen MR) is 35.6 cm³/mol. The molecule has 1 heterocycles. The molecule has 5 nitrogen and oxygen atoms in total. The van der Waals surface area contributed by atoms with Gasteiger partial charge in [-0.05, 0) is 0 Å². The van der Waals surface area contributed by atoms with Crippen LogP contribution in [0.25, 0.3) is 0 Å². The summed E-state index contributed by atoms with van der Waals surface area (Å²) in [7, 11) is 0. The number of carbonyl (C=O) groups excluding carboxylic acids is 1. The molecule has 1 unspecified atom stereocenters. The van der Waals surface area contributed by atoms with E-state index in [2.05, 4.69) is 10.1 Å². The molecular formula is C6H11NO4. The first-order valence-electron chi connectivity index (χ1n) is 3.43. The third-order valence-corrected chi connectivity index (χ3v) is 1.60. The molecule has 0 saturated carbocycles. The maximum absolute atomic E-state index is 10.8. The van der Waals surface area contributed by atoms with Gasteiger partial charge in [-0.25, -0.2) is 0 Å². The van der Waals surface area contributed by atoms with E-state index in [0.29, 0.717) is 13.0 Å². The average Bonchev–Trinajstić information content (AvgIpc) is 2.36. The number of carbonyl (C=O) groups is 1. The van der Waals surface area contributed by atoms with Crippen LogP contribution in [0.2, 0.25) is 0 Å². The van der Waals surface area contributed by atoms with Gasteiger partial charge in [-0.3, -0.25) is 4.79 Å². The van der Waals surface area contributed by atoms with Crippen molar-refractivity contribution < 1.29 is 19.7 Å².